The third-order valence-electron chi connectivity index (χ3n) is 3.62. The second-order valence-corrected chi connectivity index (χ2v) is 5.18. The molecule has 1 N–H and O–H groups in total. The van der Waals surface area contributed by atoms with Gasteiger partial charge in [0.05, 0.1) is 5.56 Å². The van der Waals surface area contributed by atoms with E-state index in [2.05, 4.69) is 5.32 Å². The van der Waals surface area contributed by atoms with Crippen LogP contribution in [0.4, 0.5) is 13.2 Å². The van der Waals surface area contributed by atoms with Crippen molar-refractivity contribution in [2.75, 3.05) is 13.2 Å². The van der Waals surface area contributed by atoms with Crippen LogP contribution in [0.1, 0.15) is 30.9 Å². The van der Waals surface area contributed by atoms with Gasteiger partial charge in [0.1, 0.15) is 0 Å². The van der Waals surface area contributed by atoms with Crippen LogP contribution < -0.4 is 5.32 Å². The summed E-state index contributed by atoms with van der Waals surface area (Å²) in [6.45, 7) is 3.58. The van der Waals surface area contributed by atoms with Crippen LogP contribution in [0.2, 0.25) is 0 Å². The molecule has 0 amide bonds. The van der Waals surface area contributed by atoms with Crippen LogP contribution in [0.5, 0.6) is 0 Å². The fourth-order valence-corrected chi connectivity index (χ4v) is 2.26. The summed E-state index contributed by atoms with van der Waals surface area (Å²) in [7, 11) is 0. The van der Waals surface area contributed by atoms with E-state index in [-0.39, 0.29) is 12.1 Å². The van der Waals surface area contributed by atoms with Crippen LogP contribution in [0, 0.1) is 0 Å². The molecule has 106 valence electrons. The number of hydrogen-bond acceptors (Lipinski definition) is 2. The molecule has 0 radical (unpaired) electrons. The maximum absolute atomic E-state index is 12.9. The summed E-state index contributed by atoms with van der Waals surface area (Å²) in [5, 5.41) is 3.25. The molecule has 2 rings (SSSR count). The summed E-state index contributed by atoms with van der Waals surface area (Å²) in [6.07, 6.45) is -2.66. The molecule has 0 spiro atoms. The van der Waals surface area contributed by atoms with Crippen molar-refractivity contribution in [3.63, 3.8) is 0 Å². The van der Waals surface area contributed by atoms with E-state index in [9.17, 15) is 13.2 Å². The molecule has 0 unspecified atom stereocenters. The Labute approximate surface area is 111 Å². The predicted octanol–water partition coefficient (Wildman–Crippen LogP) is 3.36. The van der Waals surface area contributed by atoms with Gasteiger partial charge >= 0.3 is 6.18 Å². The molecule has 0 aliphatic carbocycles. The SMILES string of the molecule is CC1(NCc2ccccc2C(F)(F)F)CCOCC1. The van der Waals surface area contributed by atoms with Gasteiger partial charge in [-0.05, 0) is 31.4 Å². The summed E-state index contributed by atoms with van der Waals surface area (Å²) in [6, 6.07) is 5.71. The summed E-state index contributed by atoms with van der Waals surface area (Å²) in [4.78, 5) is 0. The van der Waals surface area contributed by atoms with Crippen molar-refractivity contribution in [1.82, 2.24) is 5.32 Å². The van der Waals surface area contributed by atoms with Gasteiger partial charge < -0.3 is 10.1 Å². The molecule has 0 aromatic heterocycles. The first-order valence-electron chi connectivity index (χ1n) is 6.39. The summed E-state index contributed by atoms with van der Waals surface area (Å²) >= 11 is 0. The smallest absolute Gasteiger partial charge is 0.381 e. The van der Waals surface area contributed by atoms with Gasteiger partial charge in [-0.3, -0.25) is 0 Å². The third kappa shape index (κ3) is 3.70. The zero-order valence-corrected chi connectivity index (χ0v) is 10.9. The van der Waals surface area contributed by atoms with Crippen LogP contribution in [0.3, 0.4) is 0 Å². The molecular formula is C14H18F3NO. The molecule has 1 aliphatic rings. The van der Waals surface area contributed by atoms with Gasteiger partial charge in [0.25, 0.3) is 0 Å². The molecule has 5 heteroatoms. The molecule has 0 atom stereocenters. The van der Waals surface area contributed by atoms with E-state index in [1.54, 1.807) is 6.07 Å². The Morgan fingerprint density at radius 1 is 1.21 bits per heavy atom. The number of hydrogen-bond donors (Lipinski definition) is 1. The Balaban J connectivity index is 2.07. The normalized spacial score (nSPS) is 19.4. The highest BCUT2D eigenvalue weighted by Gasteiger charge is 2.33. The first-order valence-corrected chi connectivity index (χ1v) is 6.39. The van der Waals surface area contributed by atoms with Crippen LogP contribution in [0.15, 0.2) is 24.3 Å². The number of rotatable bonds is 3. The van der Waals surface area contributed by atoms with Crippen molar-refractivity contribution in [3.05, 3.63) is 35.4 Å². The summed E-state index contributed by atoms with van der Waals surface area (Å²) < 4.78 is 43.9. The van der Waals surface area contributed by atoms with E-state index in [0.29, 0.717) is 18.8 Å². The van der Waals surface area contributed by atoms with Crippen LogP contribution in [-0.4, -0.2) is 18.8 Å². The van der Waals surface area contributed by atoms with Gasteiger partial charge in [-0.15, -0.1) is 0 Å². The quantitative estimate of drug-likeness (QED) is 0.911. The fraction of sp³-hybridized carbons (Fsp3) is 0.571. The van der Waals surface area contributed by atoms with Gasteiger partial charge in [0, 0.05) is 25.3 Å². The Morgan fingerprint density at radius 3 is 2.47 bits per heavy atom. The van der Waals surface area contributed by atoms with E-state index >= 15 is 0 Å². The molecule has 1 saturated heterocycles. The van der Waals surface area contributed by atoms with E-state index in [1.165, 1.54) is 12.1 Å². The second kappa shape index (κ2) is 5.51. The van der Waals surface area contributed by atoms with E-state index < -0.39 is 11.7 Å². The van der Waals surface area contributed by atoms with Gasteiger partial charge in [-0.25, -0.2) is 0 Å². The molecule has 1 aromatic carbocycles. The number of nitrogens with one attached hydrogen (secondary N) is 1. The van der Waals surface area contributed by atoms with E-state index in [0.717, 1.165) is 18.9 Å². The summed E-state index contributed by atoms with van der Waals surface area (Å²) in [5.74, 6) is 0. The van der Waals surface area contributed by atoms with Crippen molar-refractivity contribution >= 4 is 0 Å². The minimum Gasteiger partial charge on any atom is -0.381 e. The van der Waals surface area contributed by atoms with E-state index in [1.807, 2.05) is 6.92 Å². The predicted molar refractivity (Wildman–Crippen MR) is 66.7 cm³/mol. The van der Waals surface area contributed by atoms with Crippen molar-refractivity contribution < 1.29 is 17.9 Å². The highest BCUT2D eigenvalue weighted by molar-refractivity contribution is 5.29. The largest absolute Gasteiger partial charge is 0.416 e. The van der Waals surface area contributed by atoms with Crippen LogP contribution in [0.25, 0.3) is 0 Å². The first-order chi connectivity index (χ1) is 8.91. The average molecular weight is 273 g/mol. The average Bonchev–Trinajstić information content (AvgIpc) is 2.37. The number of benzene rings is 1. The second-order valence-electron chi connectivity index (χ2n) is 5.18. The molecule has 1 fully saturated rings. The minimum atomic E-state index is -4.30. The highest BCUT2D eigenvalue weighted by atomic mass is 19.4. The molecule has 0 bridgehead atoms. The molecule has 19 heavy (non-hydrogen) atoms. The highest BCUT2D eigenvalue weighted by Crippen LogP contribution is 2.32. The topological polar surface area (TPSA) is 21.3 Å². The number of alkyl halides is 3. The Hall–Kier alpha value is -1.07. The molecule has 1 aliphatic heterocycles. The molecular weight excluding hydrogens is 255 g/mol. The van der Waals surface area contributed by atoms with Gasteiger partial charge in [-0.1, -0.05) is 18.2 Å². The zero-order valence-electron chi connectivity index (χ0n) is 10.9. The molecule has 0 saturated carbocycles. The lowest BCUT2D eigenvalue weighted by Crippen LogP contribution is -2.46. The monoisotopic (exact) mass is 273 g/mol. The summed E-state index contributed by atoms with van der Waals surface area (Å²) in [5.41, 5.74) is -0.405. The number of ether oxygens (including phenoxy) is 1. The lowest BCUT2D eigenvalue weighted by molar-refractivity contribution is -0.138. The first kappa shape index (κ1) is 14.3. The van der Waals surface area contributed by atoms with Crippen molar-refractivity contribution in [2.24, 2.45) is 0 Å². The zero-order chi connectivity index (χ0) is 13.9. The lowest BCUT2D eigenvalue weighted by Gasteiger charge is -2.35. The van der Waals surface area contributed by atoms with Crippen LogP contribution in [-0.2, 0) is 17.5 Å². The van der Waals surface area contributed by atoms with E-state index in [4.69, 9.17) is 4.74 Å². The molecule has 2 nitrogen and oxygen atoms in total. The maximum Gasteiger partial charge on any atom is 0.416 e. The van der Waals surface area contributed by atoms with Gasteiger partial charge in [0.15, 0.2) is 0 Å². The minimum absolute atomic E-state index is 0.142. The maximum atomic E-state index is 12.9. The van der Waals surface area contributed by atoms with Crippen molar-refractivity contribution in [1.29, 1.82) is 0 Å². The Kier molecular flexibility index (Phi) is 4.16. The fourth-order valence-electron chi connectivity index (χ4n) is 2.26. The third-order valence-corrected chi connectivity index (χ3v) is 3.62. The lowest BCUT2D eigenvalue weighted by atomic mass is 9.92. The Bertz CT molecular complexity index is 425. The van der Waals surface area contributed by atoms with Crippen LogP contribution >= 0.6 is 0 Å². The molecule has 1 aromatic rings. The van der Waals surface area contributed by atoms with Gasteiger partial charge in [-0.2, -0.15) is 13.2 Å². The number of halogens is 3. The van der Waals surface area contributed by atoms with Crippen molar-refractivity contribution in [3.8, 4) is 0 Å². The van der Waals surface area contributed by atoms with Gasteiger partial charge in [0.2, 0.25) is 0 Å². The van der Waals surface area contributed by atoms with Crippen molar-refractivity contribution in [2.45, 2.75) is 38.0 Å². The Morgan fingerprint density at radius 2 is 1.84 bits per heavy atom. The standard InChI is InChI=1S/C14H18F3NO/c1-13(6-8-19-9-7-13)18-10-11-4-2-3-5-12(11)14(15,16)17/h2-5,18H,6-10H2,1H3. The molecule has 1 heterocycles.